The zero-order valence-corrected chi connectivity index (χ0v) is 11.9. The summed E-state index contributed by atoms with van der Waals surface area (Å²) >= 11 is 4.99. The van der Waals surface area contributed by atoms with Crippen molar-refractivity contribution in [2.75, 3.05) is 0 Å². The molecule has 5 heteroatoms. The van der Waals surface area contributed by atoms with Crippen molar-refractivity contribution in [2.24, 2.45) is 0 Å². The lowest BCUT2D eigenvalue weighted by Crippen LogP contribution is -2.34. The third-order valence-electron chi connectivity index (χ3n) is 3.11. The third-order valence-corrected chi connectivity index (χ3v) is 4.80. The van der Waals surface area contributed by atoms with Gasteiger partial charge in [-0.25, -0.2) is 0 Å². The van der Waals surface area contributed by atoms with Crippen molar-refractivity contribution in [3.8, 4) is 0 Å². The lowest BCUT2D eigenvalue weighted by atomic mass is 9.98. The number of hydrogen-bond donors (Lipinski definition) is 2. The van der Waals surface area contributed by atoms with Crippen molar-refractivity contribution in [3.63, 3.8) is 0 Å². The summed E-state index contributed by atoms with van der Waals surface area (Å²) in [4.78, 5) is 12.8. The highest BCUT2D eigenvalue weighted by atomic mass is 79.9. The highest BCUT2D eigenvalue weighted by Crippen LogP contribution is 2.32. The van der Waals surface area contributed by atoms with Gasteiger partial charge in [-0.3, -0.25) is 4.79 Å². The van der Waals surface area contributed by atoms with Gasteiger partial charge in [0.2, 0.25) is 5.91 Å². The minimum Gasteiger partial charge on any atom is -0.389 e. The van der Waals surface area contributed by atoms with Crippen LogP contribution in [-0.2, 0) is 11.3 Å². The molecule has 2 N–H and O–H groups in total. The molecule has 0 radical (unpaired) electrons. The topological polar surface area (TPSA) is 49.3 Å². The Kier molecular flexibility index (Phi) is 4.22. The molecular weight excluding hydrogens is 302 g/mol. The minimum atomic E-state index is -0.750. The Morgan fingerprint density at radius 3 is 2.82 bits per heavy atom. The van der Waals surface area contributed by atoms with Crippen LogP contribution in [0.25, 0.3) is 0 Å². The first kappa shape index (κ1) is 13.1. The Morgan fingerprint density at radius 1 is 1.53 bits per heavy atom. The number of amides is 1. The predicted octanol–water partition coefficient (Wildman–Crippen LogP) is 2.82. The van der Waals surface area contributed by atoms with Crippen LogP contribution in [0.15, 0.2) is 15.9 Å². The van der Waals surface area contributed by atoms with Crippen LogP contribution in [-0.4, -0.2) is 16.6 Å². The molecule has 1 saturated carbocycles. The van der Waals surface area contributed by atoms with E-state index >= 15 is 0 Å². The molecule has 0 spiro atoms. The van der Waals surface area contributed by atoms with Crippen molar-refractivity contribution in [2.45, 2.75) is 44.2 Å². The van der Waals surface area contributed by atoms with Crippen molar-refractivity contribution in [3.05, 3.63) is 20.8 Å². The van der Waals surface area contributed by atoms with Gasteiger partial charge in [0.1, 0.15) is 0 Å². The molecule has 0 aliphatic heterocycles. The summed E-state index contributed by atoms with van der Waals surface area (Å²) in [7, 11) is 0. The van der Waals surface area contributed by atoms with Gasteiger partial charge in [0.15, 0.2) is 0 Å². The van der Waals surface area contributed by atoms with E-state index in [1.807, 2.05) is 11.4 Å². The minimum absolute atomic E-state index is 0.0566. The maximum absolute atomic E-state index is 11.7. The van der Waals surface area contributed by atoms with E-state index < -0.39 is 5.60 Å². The molecule has 1 aliphatic rings. The summed E-state index contributed by atoms with van der Waals surface area (Å²) < 4.78 is 1.04. The highest BCUT2D eigenvalue weighted by molar-refractivity contribution is 9.10. The van der Waals surface area contributed by atoms with Gasteiger partial charge in [-0.05, 0) is 34.8 Å². The first-order valence-electron chi connectivity index (χ1n) is 5.79. The quantitative estimate of drug-likeness (QED) is 0.897. The number of carbonyl (C=O) groups is 1. The molecule has 2 rings (SSSR count). The van der Waals surface area contributed by atoms with Gasteiger partial charge in [-0.15, -0.1) is 11.3 Å². The van der Waals surface area contributed by atoms with Gasteiger partial charge in [0.25, 0.3) is 0 Å². The van der Waals surface area contributed by atoms with Crippen LogP contribution in [0.1, 0.15) is 37.0 Å². The molecule has 1 fully saturated rings. The lowest BCUT2D eigenvalue weighted by molar-refractivity contribution is -0.126. The van der Waals surface area contributed by atoms with E-state index in [-0.39, 0.29) is 12.3 Å². The number of hydrogen-bond acceptors (Lipinski definition) is 3. The molecule has 17 heavy (non-hydrogen) atoms. The number of nitrogens with one attached hydrogen (secondary N) is 1. The second kappa shape index (κ2) is 5.50. The molecular formula is C12H16BrNO2S. The van der Waals surface area contributed by atoms with E-state index in [9.17, 15) is 9.90 Å². The summed E-state index contributed by atoms with van der Waals surface area (Å²) in [5.41, 5.74) is -0.750. The van der Waals surface area contributed by atoms with E-state index in [0.717, 1.165) is 35.0 Å². The molecule has 1 amide bonds. The van der Waals surface area contributed by atoms with Crippen LogP contribution in [0.5, 0.6) is 0 Å². The van der Waals surface area contributed by atoms with Crippen LogP contribution < -0.4 is 5.32 Å². The van der Waals surface area contributed by atoms with Crippen LogP contribution in [0.2, 0.25) is 0 Å². The number of halogens is 1. The highest BCUT2D eigenvalue weighted by Gasteiger charge is 2.33. The lowest BCUT2D eigenvalue weighted by Gasteiger charge is -2.20. The summed E-state index contributed by atoms with van der Waals surface area (Å²) in [6.45, 7) is 0.547. The van der Waals surface area contributed by atoms with Gasteiger partial charge < -0.3 is 10.4 Å². The van der Waals surface area contributed by atoms with Crippen molar-refractivity contribution >= 4 is 33.2 Å². The van der Waals surface area contributed by atoms with Crippen LogP contribution in [0.3, 0.4) is 0 Å². The third kappa shape index (κ3) is 3.79. The van der Waals surface area contributed by atoms with E-state index in [1.54, 1.807) is 11.3 Å². The maximum atomic E-state index is 11.7. The number of carbonyl (C=O) groups excluding carboxylic acids is 1. The fraction of sp³-hybridized carbons (Fsp3) is 0.583. The zero-order valence-electron chi connectivity index (χ0n) is 9.54. The molecule has 1 heterocycles. The van der Waals surface area contributed by atoms with Gasteiger partial charge >= 0.3 is 0 Å². The van der Waals surface area contributed by atoms with Gasteiger partial charge in [-0.1, -0.05) is 12.8 Å². The molecule has 1 aromatic heterocycles. The van der Waals surface area contributed by atoms with E-state index in [0.29, 0.717) is 6.54 Å². The van der Waals surface area contributed by atoms with Gasteiger partial charge in [0.05, 0.1) is 18.6 Å². The van der Waals surface area contributed by atoms with Gasteiger partial charge in [0, 0.05) is 14.7 Å². The average molecular weight is 318 g/mol. The molecule has 3 nitrogen and oxygen atoms in total. The number of rotatable bonds is 4. The first-order valence-corrected chi connectivity index (χ1v) is 7.47. The predicted molar refractivity (Wildman–Crippen MR) is 71.9 cm³/mol. The van der Waals surface area contributed by atoms with E-state index in [1.165, 1.54) is 0 Å². The summed E-state index contributed by atoms with van der Waals surface area (Å²) in [5, 5.41) is 14.9. The Bertz CT molecular complexity index is 399. The summed E-state index contributed by atoms with van der Waals surface area (Å²) in [6, 6.07) is 2.00. The molecule has 94 valence electrons. The first-order chi connectivity index (χ1) is 8.07. The zero-order chi connectivity index (χ0) is 12.3. The summed E-state index contributed by atoms with van der Waals surface area (Å²) in [6.07, 6.45) is 3.80. The fourth-order valence-electron chi connectivity index (χ4n) is 2.20. The Morgan fingerprint density at radius 2 is 2.24 bits per heavy atom. The SMILES string of the molecule is O=C(CC1(O)CCCC1)NCc1cc(Br)cs1. The molecule has 0 unspecified atom stereocenters. The van der Waals surface area contributed by atoms with Crippen molar-refractivity contribution in [1.29, 1.82) is 0 Å². The number of aliphatic hydroxyl groups is 1. The molecule has 1 aromatic rings. The van der Waals surface area contributed by atoms with Crippen LogP contribution in [0, 0.1) is 0 Å². The second-order valence-corrected chi connectivity index (χ2v) is 6.53. The summed E-state index contributed by atoms with van der Waals surface area (Å²) in [5.74, 6) is -0.0566. The van der Waals surface area contributed by atoms with E-state index in [2.05, 4.69) is 21.2 Å². The van der Waals surface area contributed by atoms with Gasteiger partial charge in [-0.2, -0.15) is 0 Å². The van der Waals surface area contributed by atoms with Crippen LogP contribution in [0.4, 0.5) is 0 Å². The Labute approximate surface area is 113 Å². The average Bonchev–Trinajstić information content (AvgIpc) is 2.85. The van der Waals surface area contributed by atoms with Crippen LogP contribution >= 0.6 is 27.3 Å². The number of thiophene rings is 1. The molecule has 0 bridgehead atoms. The van der Waals surface area contributed by atoms with E-state index in [4.69, 9.17) is 0 Å². The Balaban J connectivity index is 1.77. The standard InChI is InChI=1S/C12H16BrNO2S/c13-9-5-10(17-8-9)7-14-11(15)6-12(16)3-1-2-4-12/h5,8,16H,1-4,6-7H2,(H,14,15). The monoisotopic (exact) mass is 317 g/mol. The van der Waals surface area contributed by atoms with Crippen molar-refractivity contribution in [1.82, 2.24) is 5.32 Å². The molecule has 1 aliphatic carbocycles. The molecule has 0 aromatic carbocycles. The second-order valence-electron chi connectivity index (χ2n) is 4.62. The smallest absolute Gasteiger partial charge is 0.223 e. The molecule has 0 atom stereocenters. The largest absolute Gasteiger partial charge is 0.389 e. The normalized spacial score (nSPS) is 18.2. The maximum Gasteiger partial charge on any atom is 0.223 e. The molecule has 0 saturated heterocycles. The fourth-order valence-corrected chi connectivity index (χ4v) is 3.59. The van der Waals surface area contributed by atoms with Crippen molar-refractivity contribution < 1.29 is 9.90 Å². The Hall–Kier alpha value is -0.390.